The Labute approximate surface area is 116 Å². The van der Waals surface area contributed by atoms with E-state index in [-0.39, 0.29) is 0 Å². The van der Waals surface area contributed by atoms with Gasteiger partial charge in [0.25, 0.3) is 0 Å². The number of likely N-dealkylation sites (tertiary alicyclic amines) is 1. The van der Waals surface area contributed by atoms with Crippen molar-refractivity contribution < 1.29 is 9.90 Å². The van der Waals surface area contributed by atoms with Crippen LogP contribution in [-0.4, -0.2) is 29.1 Å². The highest BCUT2D eigenvalue weighted by atomic mass is 35.5. The number of carboxylic acids is 1. The number of carboxylic acid groups (broad SMARTS) is 1. The summed E-state index contributed by atoms with van der Waals surface area (Å²) in [4.78, 5) is 13.7. The molecule has 98 valence electrons. The number of nitrogens with zero attached hydrogens (tertiary/aromatic N) is 1. The van der Waals surface area contributed by atoms with E-state index in [4.69, 9.17) is 23.2 Å². The van der Waals surface area contributed by atoms with E-state index in [0.29, 0.717) is 15.6 Å². The molecule has 1 N–H and O–H groups in total. The van der Waals surface area contributed by atoms with E-state index in [0.717, 1.165) is 25.9 Å². The number of rotatable bonds is 3. The van der Waals surface area contributed by atoms with Crippen molar-refractivity contribution >= 4 is 29.2 Å². The minimum atomic E-state index is -1.09. The summed E-state index contributed by atoms with van der Waals surface area (Å²) in [5, 5.41) is 10.5. The van der Waals surface area contributed by atoms with E-state index in [9.17, 15) is 9.90 Å². The Morgan fingerprint density at radius 1 is 1.33 bits per heavy atom. The van der Waals surface area contributed by atoms with Gasteiger partial charge in [-0.2, -0.15) is 0 Å². The summed E-state index contributed by atoms with van der Waals surface area (Å²) in [6.07, 6.45) is 2.04. The van der Waals surface area contributed by atoms with Gasteiger partial charge in [-0.15, -0.1) is 0 Å². The first-order valence-corrected chi connectivity index (χ1v) is 6.66. The Bertz CT molecular complexity index is 472. The van der Waals surface area contributed by atoms with Crippen LogP contribution in [0.2, 0.25) is 10.0 Å². The molecule has 1 aliphatic rings. The van der Waals surface area contributed by atoms with E-state index in [1.807, 2.05) is 4.90 Å². The molecular formula is C13H15Cl2NO2. The fourth-order valence-electron chi connectivity index (χ4n) is 2.47. The van der Waals surface area contributed by atoms with Crippen molar-refractivity contribution in [1.82, 2.24) is 4.90 Å². The van der Waals surface area contributed by atoms with Gasteiger partial charge in [-0.05, 0) is 45.0 Å². The molecule has 0 bridgehead atoms. The average molecular weight is 288 g/mol. The number of carbonyl (C=O) groups is 1. The Balaban J connectivity index is 2.49. The van der Waals surface area contributed by atoms with E-state index < -0.39 is 11.5 Å². The molecule has 3 nitrogen and oxygen atoms in total. The molecular weight excluding hydrogens is 273 g/mol. The number of halogens is 2. The Morgan fingerprint density at radius 3 is 2.44 bits per heavy atom. The first kappa shape index (κ1) is 13.7. The van der Waals surface area contributed by atoms with Crippen LogP contribution in [0.1, 0.15) is 25.3 Å². The van der Waals surface area contributed by atoms with Gasteiger partial charge in [0, 0.05) is 15.6 Å². The third-order valence-corrected chi connectivity index (χ3v) is 4.16. The van der Waals surface area contributed by atoms with Crippen LogP contribution in [0.3, 0.4) is 0 Å². The maximum Gasteiger partial charge on any atom is 0.328 e. The van der Waals surface area contributed by atoms with Crippen LogP contribution < -0.4 is 0 Å². The highest BCUT2D eigenvalue weighted by Gasteiger charge is 2.43. The molecule has 2 rings (SSSR count). The molecule has 5 heteroatoms. The normalized spacial score (nSPS) is 19.7. The summed E-state index contributed by atoms with van der Waals surface area (Å²) in [6.45, 7) is 3.26. The lowest BCUT2D eigenvalue weighted by atomic mass is 9.90. The number of aliphatic carboxylic acids is 1. The van der Waals surface area contributed by atoms with Crippen molar-refractivity contribution in [3.63, 3.8) is 0 Å². The lowest BCUT2D eigenvalue weighted by Crippen LogP contribution is -2.48. The fraction of sp³-hybridized carbons (Fsp3) is 0.462. The summed E-state index contributed by atoms with van der Waals surface area (Å²) in [5.41, 5.74) is -0.485. The lowest BCUT2D eigenvalue weighted by molar-refractivity contribution is -0.150. The van der Waals surface area contributed by atoms with Crippen LogP contribution in [0, 0.1) is 0 Å². The number of hydrogen-bond acceptors (Lipinski definition) is 2. The summed E-state index contributed by atoms with van der Waals surface area (Å²) < 4.78 is 0. The maximum atomic E-state index is 11.7. The first-order chi connectivity index (χ1) is 8.46. The lowest BCUT2D eigenvalue weighted by Gasteiger charge is -2.35. The molecule has 1 heterocycles. The molecule has 18 heavy (non-hydrogen) atoms. The molecule has 0 amide bonds. The SMILES string of the molecule is CC(C(=O)O)(c1ccc(Cl)cc1Cl)N1CCCC1. The summed E-state index contributed by atoms with van der Waals surface area (Å²) in [7, 11) is 0. The average Bonchev–Trinajstić information content (AvgIpc) is 2.81. The van der Waals surface area contributed by atoms with Gasteiger partial charge in [0.1, 0.15) is 5.54 Å². The molecule has 1 atom stereocenters. The van der Waals surface area contributed by atoms with E-state index >= 15 is 0 Å². The standard InChI is InChI=1S/C13H15Cl2NO2/c1-13(12(17)18,16-6-2-3-7-16)10-5-4-9(14)8-11(10)15/h4-5,8H,2-3,6-7H2,1H3,(H,17,18). The second-order valence-electron chi connectivity index (χ2n) is 4.70. The summed E-state index contributed by atoms with van der Waals surface area (Å²) in [5.74, 6) is -0.881. The van der Waals surface area contributed by atoms with Gasteiger partial charge in [0.15, 0.2) is 0 Å². The van der Waals surface area contributed by atoms with E-state index in [2.05, 4.69) is 0 Å². The van der Waals surface area contributed by atoms with Gasteiger partial charge in [0.05, 0.1) is 0 Å². The fourth-order valence-corrected chi connectivity index (χ4v) is 3.06. The van der Waals surface area contributed by atoms with Crippen molar-refractivity contribution in [3.8, 4) is 0 Å². The number of hydrogen-bond donors (Lipinski definition) is 1. The van der Waals surface area contributed by atoms with Crippen molar-refractivity contribution in [2.24, 2.45) is 0 Å². The highest BCUT2D eigenvalue weighted by molar-refractivity contribution is 6.35. The minimum Gasteiger partial charge on any atom is -0.480 e. The number of benzene rings is 1. The molecule has 0 aromatic heterocycles. The van der Waals surface area contributed by atoms with Crippen molar-refractivity contribution in [2.75, 3.05) is 13.1 Å². The van der Waals surface area contributed by atoms with Crippen molar-refractivity contribution in [2.45, 2.75) is 25.3 Å². The second kappa shape index (κ2) is 5.08. The van der Waals surface area contributed by atoms with Gasteiger partial charge in [-0.25, -0.2) is 4.79 Å². The van der Waals surface area contributed by atoms with E-state index in [1.165, 1.54) is 0 Å². The Kier molecular flexibility index (Phi) is 3.85. The zero-order chi connectivity index (χ0) is 13.3. The Morgan fingerprint density at radius 2 is 1.94 bits per heavy atom. The van der Waals surface area contributed by atoms with Gasteiger partial charge in [-0.3, -0.25) is 4.90 Å². The zero-order valence-corrected chi connectivity index (χ0v) is 11.6. The zero-order valence-electron chi connectivity index (χ0n) is 10.1. The van der Waals surface area contributed by atoms with Crippen LogP contribution in [-0.2, 0) is 10.3 Å². The Hall–Kier alpha value is -0.770. The predicted molar refractivity (Wildman–Crippen MR) is 72.3 cm³/mol. The van der Waals surface area contributed by atoms with Crippen molar-refractivity contribution in [1.29, 1.82) is 0 Å². The van der Waals surface area contributed by atoms with Gasteiger partial charge >= 0.3 is 5.97 Å². The van der Waals surface area contributed by atoms with Gasteiger partial charge < -0.3 is 5.11 Å². The summed E-state index contributed by atoms with van der Waals surface area (Å²) >= 11 is 12.0. The van der Waals surface area contributed by atoms with Crippen LogP contribution >= 0.6 is 23.2 Å². The monoisotopic (exact) mass is 287 g/mol. The molecule has 1 fully saturated rings. The van der Waals surface area contributed by atoms with Crippen LogP contribution in [0.5, 0.6) is 0 Å². The third kappa shape index (κ3) is 2.22. The predicted octanol–water partition coefficient (Wildman–Crippen LogP) is 3.39. The molecule has 0 aliphatic carbocycles. The minimum absolute atomic E-state index is 0.402. The van der Waals surface area contributed by atoms with Crippen LogP contribution in [0.15, 0.2) is 18.2 Å². The largest absolute Gasteiger partial charge is 0.480 e. The maximum absolute atomic E-state index is 11.7. The van der Waals surface area contributed by atoms with Gasteiger partial charge in [0.2, 0.25) is 0 Å². The smallest absolute Gasteiger partial charge is 0.328 e. The van der Waals surface area contributed by atoms with Crippen LogP contribution in [0.4, 0.5) is 0 Å². The molecule has 1 aromatic carbocycles. The molecule has 1 unspecified atom stereocenters. The van der Waals surface area contributed by atoms with Crippen LogP contribution in [0.25, 0.3) is 0 Å². The van der Waals surface area contributed by atoms with Crippen molar-refractivity contribution in [3.05, 3.63) is 33.8 Å². The molecule has 0 saturated carbocycles. The van der Waals surface area contributed by atoms with Gasteiger partial charge in [-0.1, -0.05) is 29.3 Å². The molecule has 0 spiro atoms. The third-order valence-electron chi connectivity index (χ3n) is 3.61. The molecule has 1 aromatic rings. The second-order valence-corrected chi connectivity index (χ2v) is 5.54. The molecule has 1 saturated heterocycles. The highest BCUT2D eigenvalue weighted by Crippen LogP contribution is 2.37. The topological polar surface area (TPSA) is 40.5 Å². The summed E-state index contributed by atoms with van der Waals surface area (Å²) in [6, 6.07) is 4.98. The molecule has 1 aliphatic heterocycles. The first-order valence-electron chi connectivity index (χ1n) is 5.90. The quantitative estimate of drug-likeness (QED) is 0.926. The van der Waals surface area contributed by atoms with E-state index in [1.54, 1.807) is 25.1 Å². The molecule has 0 radical (unpaired) electrons.